The van der Waals surface area contributed by atoms with E-state index in [9.17, 15) is 9.90 Å². The van der Waals surface area contributed by atoms with E-state index in [-0.39, 0.29) is 6.04 Å². The first-order valence-corrected chi connectivity index (χ1v) is 6.38. The van der Waals surface area contributed by atoms with Gasteiger partial charge in [0, 0.05) is 22.1 Å². The van der Waals surface area contributed by atoms with Gasteiger partial charge in [0.15, 0.2) is 0 Å². The fourth-order valence-corrected chi connectivity index (χ4v) is 2.60. The summed E-state index contributed by atoms with van der Waals surface area (Å²) >= 11 is 6.02. The van der Waals surface area contributed by atoms with E-state index >= 15 is 0 Å². The largest absolute Gasteiger partial charge is 0.478 e. The van der Waals surface area contributed by atoms with Gasteiger partial charge in [0.2, 0.25) is 0 Å². The number of hydrogen-bond donors (Lipinski definition) is 1. The van der Waals surface area contributed by atoms with Gasteiger partial charge in [-0.1, -0.05) is 24.6 Å². The minimum absolute atomic E-state index is 0.249. The van der Waals surface area contributed by atoms with Crippen molar-refractivity contribution in [1.82, 2.24) is 4.57 Å². The van der Waals surface area contributed by atoms with Gasteiger partial charge in [-0.05, 0) is 32.4 Å². The van der Waals surface area contributed by atoms with Crippen LogP contribution in [-0.4, -0.2) is 15.6 Å². The van der Waals surface area contributed by atoms with E-state index in [0.29, 0.717) is 10.6 Å². The number of fused-ring (bicyclic) bond motifs is 1. The van der Waals surface area contributed by atoms with Crippen LogP contribution in [0.15, 0.2) is 18.2 Å². The molecule has 0 aliphatic carbocycles. The van der Waals surface area contributed by atoms with Crippen LogP contribution in [0, 0.1) is 6.92 Å². The Morgan fingerprint density at radius 3 is 2.72 bits per heavy atom. The van der Waals surface area contributed by atoms with Gasteiger partial charge in [0.25, 0.3) is 0 Å². The van der Waals surface area contributed by atoms with Crippen LogP contribution in [-0.2, 0) is 0 Å². The van der Waals surface area contributed by atoms with Crippen LogP contribution in [0.25, 0.3) is 10.9 Å². The Balaban J connectivity index is 2.87. The van der Waals surface area contributed by atoms with Crippen LogP contribution in [0.4, 0.5) is 0 Å². The normalized spacial score (nSPS) is 12.9. The summed E-state index contributed by atoms with van der Waals surface area (Å²) in [6, 6.07) is 5.60. The topological polar surface area (TPSA) is 42.2 Å². The van der Waals surface area contributed by atoms with Crippen molar-refractivity contribution in [3.8, 4) is 0 Å². The number of hydrogen-bond acceptors (Lipinski definition) is 1. The fourth-order valence-electron chi connectivity index (χ4n) is 2.43. The van der Waals surface area contributed by atoms with Crippen molar-refractivity contribution in [2.75, 3.05) is 0 Å². The molecule has 0 aliphatic heterocycles. The summed E-state index contributed by atoms with van der Waals surface area (Å²) in [4.78, 5) is 11.4. The molecule has 0 bridgehead atoms. The SMILES string of the molecule is CCC(C)n1c(C)c(C(=O)O)c2ccc(Cl)cc21. The Kier molecular flexibility index (Phi) is 3.35. The van der Waals surface area contributed by atoms with E-state index in [1.807, 2.05) is 13.0 Å². The number of rotatable bonds is 3. The maximum atomic E-state index is 11.4. The number of halogens is 1. The molecular weight excluding hydrogens is 250 g/mol. The molecular formula is C14H16ClNO2. The third-order valence-corrected chi connectivity index (χ3v) is 3.69. The molecule has 0 saturated carbocycles. The van der Waals surface area contributed by atoms with Gasteiger partial charge in [-0.3, -0.25) is 0 Å². The Hall–Kier alpha value is -1.48. The summed E-state index contributed by atoms with van der Waals surface area (Å²) in [7, 11) is 0. The van der Waals surface area contributed by atoms with E-state index in [0.717, 1.165) is 23.0 Å². The molecule has 0 amide bonds. The Morgan fingerprint density at radius 1 is 1.50 bits per heavy atom. The van der Waals surface area contributed by atoms with Crippen molar-refractivity contribution >= 4 is 28.5 Å². The molecule has 1 aromatic heterocycles. The van der Waals surface area contributed by atoms with Gasteiger partial charge in [0.1, 0.15) is 0 Å². The van der Waals surface area contributed by atoms with Gasteiger partial charge in [-0.15, -0.1) is 0 Å². The van der Waals surface area contributed by atoms with Crippen LogP contribution >= 0.6 is 11.6 Å². The summed E-state index contributed by atoms with van der Waals surface area (Å²) in [6.07, 6.45) is 0.941. The average Bonchev–Trinajstić information content (AvgIpc) is 2.59. The average molecular weight is 266 g/mol. The number of benzene rings is 1. The Labute approximate surface area is 111 Å². The van der Waals surface area contributed by atoms with Gasteiger partial charge in [0.05, 0.1) is 11.1 Å². The fraction of sp³-hybridized carbons (Fsp3) is 0.357. The van der Waals surface area contributed by atoms with Gasteiger partial charge < -0.3 is 9.67 Å². The third-order valence-electron chi connectivity index (χ3n) is 3.46. The van der Waals surface area contributed by atoms with Crippen molar-refractivity contribution in [2.45, 2.75) is 33.2 Å². The molecule has 0 radical (unpaired) electrons. The summed E-state index contributed by atoms with van der Waals surface area (Å²) in [6.45, 7) is 6.02. The quantitative estimate of drug-likeness (QED) is 0.900. The van der Waals surface area contributed by atoms with Crippen molar-refractivity contribution in [3.63, 3.8) is 0 Å². The highest BCUT2D eigenvalue weighted by Crippen LogP contribution is 2.31. The highest BCUT2D eigenvalue weighted by atomic mass is 35.5. The van der Waals surface area contributed by atoms with Crippen LogP contribution < -0.4 is 0 Å². The lowest BCUT2D eigenvalue weighted by Crippen LogP contribution is -2.07. The maximum absolute atomic E-state index is 11.4. The second kappa shape index (κ2) is 4.65. The van der Waals surface area contributed by atoms with Gasteiger partial charge >= 0.3 is 5.97 Å². The second-order valence-electron chi connectivity index (χ2n) is 4.55. The number of carboxylic acid groups (broad SMARTS) is 1. The zero-order valence-corrected chi connectivity index (χ0v) is 11.5. The monoisotopic (exact) mass is 265 g/mol. The Bertz CT molecular complexity index is 616. The third kappa shape index (κ3) is 1.89. The first kappa shape index (κ1) is 13.0. The lowest BCUT2D eigenvalue weighted by atomic mass is 10.1. The van der Waals surface area contributed by atoms with Crippen LogP contribution in [0.5, 0.6) is 0 Å². The Morgan fingerprint density at radius 2 is 2.17 bits per heavy atom. The molecule has 0 fully saturated rings. The molecule has 2 rings (SSSR count). The molecule has 2 aromatic rings. The number of aromatic nitrogens is 1. The van der Waals surface area contributed by atoms with Crippen LogP contribution in [0.2, 0.25) is 5.02 Å². The van der Waals surface area contributed by atoms with Crippen molar-refractivity contribution in [3.05, 3.63) is 34.5 Å². The minimum atomic E-state index is -0.887. The van der Waals surface area contributed by atoms with Crippen molar-refractivity contribution < 1.29 is 9.90 Å². The van der Waals surface area contributed by atoms with Gasteiger partial charge in [-0.2, -0.15) is 0 Å². The van der Waals surface area contributed by atoms with Crippen LogP contribution in [0.1, 0.15) is 42.4 Å². The molecule has 0 saturated heterocycles. The highest BCUT2D eigenvalue weighted by Gasteiger charge is 2.21. The van der Waals surface area contributed by atoms with Crippen molar-refractivity contribution in [1.29, 1.82) is 0 Å². The summed E-state index contributed by atoms with van der Waals surface area (Å²) in [5, 5.41) is 10.7. The summed E-state index contributed by atoms with van der Waals surface area (Å²) in [5.41, 5.74) is 2.06. The number of carbonyl (C=O) groups is 1. The standard InChI is InChI=1S/C14H16ClNO2/c1-4-8(2)16-9(3)13(14(17)18)11-6-5-10(15)7-12(11)16/h5-8H,4H2,1-3H3,(H,17,18). The molecule has 4 heteroatoms. The first-order valence-electron chi connectivity index (χ1n) is 6.00. The van der Waals surface area contributed by atoms with E-state index in [1.165, 1.54) is 0 Å². The first-order chi connectivity index (χ1) is 8.47. The van der Waals surface area contributed by atoms with Crippen LogP contribution in [0.3, 0.4) is 0 Å². The lowest BCUT2D eigenvalue weighted by Gasteiger charge is -2.15. The second-order valence-corrected chi connectivity index (χ2v) is 4.99. The molecule has 1 unspecified atom stereocenters. The van der Waals surface area contributed by atoms with E-state index in [1.54, 1.807) is 12.1 Å². The lowest BCUT2D eigenvalue weighted by molar-refractivity contribution is 0.0698. The van der Waals surface area contributed by atoms with E-state index in [4.69, 9.17) is 11.6 Å². The molecule has 1 aromatic carbocycles. The zero-order chi connectivity index (χ0) is 13.4. The minimum Gasteiger partial charge on any atom is -0.478 e. The van der Waals surface area contributed by atoms with Crippen molar-refractivity contribution in [2.24, 2.45) is 0 Å². The molecule has 0 spiro atoms. The maximum Gasteiger partial charge on any atom is 0.338 e. The molecule has 96 valence electrons. The molecule has 1 heterocycles. The van der Waals surface area contributed by atoms with Gasteiger partial charge in [-0.25, -0.2) is 4.79 Å². The predicted octanol–water partition coefficient (Wildman–Crippen LogP) is 4.27. The predicted molar refractivity (Wildman–Crippen MR) is 73.6 cm³/mol. The molecule has 3 nitrogen and oxygen atoms in total. The highest BCUT2D eigenvalue weighted by molar-refractivity contribution is 6.31. The molecule has 0 aliphatic rings. The number of aromatic carboxylic acids is 1. The molecule has 18 heavy (non-hydrogen) atoms. The number of carboxylic acids is 1. The summed E-state index contributed by atoms with van der Waals surface area (Å²) in [5.74, 6) is -0.887. The molecule has 1 N–H and O–H groups in total. The van der Waals surface area contributed by atoms with E-state index in [2.05, 4.69) is 18.4 Å². The number of nitrogens with zero attached hydrogens (tertiary/aromatic N) is 1. The zero-order valence-electron chi connectivity index (χ0n) is 10.7. The molecule has 1 atom stereocenters. The van der Waals surface area contributed by atoms with E-state index < -0.39 is 5.97 Å². The smallest absolute Gasteiger partial charge is 0.338 e. The summed E-state index contributed by atoms with van der Waals surface area (Å²) < 4.78 is 2.06.